The molecule has 2 aromatic carbocycles. The van der Waals surface area contributed by atoms with Gasteiger partial charge < -0.3 is 9.84 Å². The summed E-state index contributed by atoms with van der Waals surface area (Å²) in [5, 5.41) is 20.4. The molecule has 2 aromatic rings. The summed E-state index contributed by atoms with van der Waals surface area (Å²) in [4.78, 5) is 9.78. The van der Waals surface area contributed by atoms with Crippen LogP contribution in [0.5, 0.6) is 5.75 Å². The monoisotopic (exact) mass is 313 g/mol. The molecule has 0 saturated carbocycles. The number of nitro benzene ring substituents is 1. The standard InChI is InChI=1S/C14H10F3NO4/c15-8-1-2-13(17)12(5-8)14(19)7-22-11-4-9(16)3-10(6-11)18(20)21/h1-6,14,19H,7H2. The molecule has 116 valence electrons. The fraction of sp³-hybridized carbons (Fsp3) is 0.143. The third kappa shape index (κ3) is 3.73. The first kappa shape index (κ1) is 15.8. The van der Waals surface area contributed by atoms with E-state index in [0.29, 0.717) is 6.07 Å². The third-order valence-corrected chi connectivity index (χ3v) is 2.79. The van der Waals surface area contributed by atoms with E-state index in [-0.39, 0.29) is 11.3 Å². The lowest BCUT2D eigenvalue weighted by molar-refractivity contribution is -0.385. The van der Waals surface area contributed by atoms with Gasteiger partial charge in [-0.2, -0.15) is 0 Å². The Morgan fingerprint density at radius 3 is 2.55 bits per heavy atom. The highest BCUT2D eigenvalue weighted by Gasteiger charge is 2.16. The van der Waals surface area contributed by atoms with Gasteiger partial charge in [0.1, 0.15) is 35.9 Å². The Bertz CT molecular complexity index is 708. The second-order valence-electron chi connectivity index (χ2n) is 4.39. The summed E-state index contributed by atoms with van der Waals surface area (Å²) in [5.41, 5.74) is -0.854. The fourth-order valence-electron chi connectivity index (χ4n) is 1.77. The van der Waals surface area contributed by atoms with E-state index in [9.17, 15) is 28.4 Å². The molecule has 22 heavy (non-hydrogen) atoms. The Morgan fingerprint density at radius 2 is 1.86 bits per heavy atom. The maximum atomic E-state index is 13.4. The minimum absolute atomic E-state index is 0.206. The first-order valence-electron chi connectivity index (χ1n) is 6.07. The lowest BCUT2D eigenvalue weighted by Crippen LogP contribution is -2.12. The molecule has 2 rings (SSSR count). The minimum atomic E-state index is -1.52. The average molecular weight is 313 g/mol. The maximum absolute atomic E-state index is 13.4. The Hall–Kier alpha value is -2.61. The predicted molar refractivity (Wildman–Crippen MR) is 69.9 cm³/mol. The van der Waals surface area contributed by atoms with Gasteiger partial charge in [-0.25, -0.2) is 13.2 Å². The predicted octanol–water partition coefficient (Wildman–Crippen LogP) is 3.12. The van der Waals surface area contributed by atoms with Crippen LogP contribution in [-0.2, 0) is 0 Å². The topological polar surface area (TPSA) is 72.6 Å². The summed E-state index contributed by atoms with van der Waals surface area (Å²) >= 11 is 0. The van der Waals surface area contributed by atoms with Crippen molar-refractivity contribution in [1.29, 1.82) is 0 Å². The van der Waals surface area contributed by atoms with Crippen molar-refractivity contribution in [2.24, 2.45) is 0 Å². The number of ether oxygens (including phenoxy) is 1. The fourth-order valence-corrected chi connectivity index (χ4v) is 1.77. The van der Waals surface area contributed by atoms with Crippen LogP contribution < -0.4 is 4.74 Å². The summed E-state index contributed by atoms with van der Waals surface area (Å²) in [5.74, 6) is -2.67. The highest BCUT2D eigenvalue weighted by atomic mass is 19.1. The van der Waals surface area contributed by atoms with E-state index in [1.165, 1.54) is 0 Å². The number of benzene rings is 2. The van der Waals surface area contributed by atoms with Crippen LogP contribution >= 0.6 is 0 Å². The van der Waals surface area contributed by atoms with Crippen LogP contribution in [0.1, 0.15) is 11.7 Å². The zero-order chi connectivity index (χ0) is 16.3. The number of halogens is 3. The molecule has 1 N–H and O–H groups in total. The van der Waals surface area contributed by atoms with E-state index >= 15 is 0 Å². The third-order valence-electron chi connectivity index (χ3n) is 2.79. The molecule has 0 heterocycles. The SMILES string of the molecule is O=[N+]([O-])c1cc(F)cc(OCC(O)c2cc(F)ccc2F)c1. The quantitative estimate of drug-likeness (QED) is 0.680. The number of hydrogen-bond donors (Lipinski definition) is 1. The van der Waals surface area contributed by atoms with Gasteiger partial charge in [-0.1, -0.05) is 0 Å². The van der Waals surface area contributed by atoms with Crippen molar-refractivity contribution in [3.05, 3.63) is 69.5 Å². The smallest absolute Gasteiger partial charge is 0.276 e. The molecule has 0 fully saturated rings. The summed E-state index contributed by atoms with van der Waals surface area (Å²) in [6, 6.07) is 5.08. The van der Waals surface area contributed by atoms with E-state index < -0.39 is 40.8 Å². The Morgan fingerprint density at radius 1 is 1.14 bits per heavy atom. The van der Waals surface area contributed by atoms with Crippen LogP contribution in [0, 0.1) is 27.6 Å². The molecule has 0 radical (unpaired) electrons. The zero-order valence-electron chi connectivity index (χ0n) is 11.0. The van der Waals surface area contributed by atoms with Crippen molar-refractivity contribution < 1.29 is 27.9 Å². The average Bonchev–Trinajstić information content (AvgIpc) is 2.46. The first-order valence-corrected chi connectivity index (χ1v) is 6.07. The molecular weight excluding hydrogens is 303 g/mol. The molecule has 1 atom stereocenters. The molecule has 1 unspecified atom stereocenters. The van der Waals surface area contributed by atoms with Gasteiger partial charge in [0, 0.05) is 11.6 Å². The molecule has 0 spiro atoms. The van der Waals surface area contributed by atoms with Gasteiger partial charge in [-0.15, -0.1) is 0 Å². The highest BCUT2D eigenvalue weighted by Crippen LogP contribution is 2.24. The molecule has 8 heteroatoms. The van der Waals surface area contributed by atoms with E-state index in [1.54, 1.807) is 0 Å². The van der Waals surface area contributed by atoms with Gasteiger partial charge in [0.05, 0.1) is 17.1 Å². The number of aliphatic hydroxyl groups is 1. The molecule has 0 aliphatic heterocycles. The van der Waals surface area contributed by atoms with Gasteiger partial charge in [0.2, 0.25) is 0 Å². The van der Waals surface area contributed by atoms with Gasteiger partial charge in [-0.05, 0) is 18.2 Å². The zero-order valence-corrected chi connectivity index (χ0v) is 11.0. The molecule has 5 nitrogen and oxygen atoms in total. The Balaban J connectivity index is 2.12. The normalized spacial score (nSPS) is 12.0. The lowest BCUT2D eigenvalue weighted by Gasteiger charge is -2.13. The van der Waals surface area contributed by atoms with Crippen molar-refractivity contribution in [2.45, 2.75) is 6.10 Å². The van der Waals surface area contributed by atoms with Gasteiger partial charge >= 0.3 is 0 Å². The molecule has 0 aromatic heterocycles. The Kier molecular flexibility index (Phi) is 4.62. The number of aliphatic hydroxyl groups excluding tert-OH is 1. The van der Waals surface area contributed by atoms with Gasteiger partial charge in [0.25, 0.3) is 5.69 Å². The van der Waals surface area contributed by atoms with E-state index in [1.807, 2.05) is 0 Å². The van der Waals surface area contributed by atoms with Crippen LogP contribution in [0.15, 0.2) is 36.4 Å². The molecule has 0 aliphatic rings. The van der Waals surface area contributed by atoms with Crippen molar-refractivity contribution >= 4 is 5.69 Å². The van der Waals surface area contributed by atoms with Crippen molar-refractivity contribution in [3.63, 3.8) is 0 Å². The van der Waals surface area contributed by atoms with Gasteiger partial charge in [-0.3, -0.25) is 10.1 Å². The maximum Gasteiger partial charge on any atom is 0.276 e. The van der Waals surface area contributed by atoms with Crippen LogP contribution in [0.25, 0.3) is 0 Å². The molecule has 0 amide bonds. The summed E-state index contributed by atoms with van der Waals surface area (Å²) < 4.78 is 44.7. The first-order chi connectivity index (χ1) is 10.4. The van der Waals surface area contributed by atoms with Crippen LogP contribution in [0.4, 0.5) is 18.9 Å². The number of rotatable bonds is 5. The van der Waals surface area contributed by atoms with Crippen LogP contribution in [-0.4, -0.2) is 16.6 Å². The second kappa shape index (κ2) is 6.44. The summed E-state index contributed by atoms with van der Waals surface area (Å²) in [6.07, 6.45) is -1.52. The largest absolute Gasteiger partial charge is 0.490 e. The lowest BCUT2D eigenvalue weighted by atomic mass is 10.1. The second-order valence-corrected chi connectivity index (χ2v) is 4.39. The van der Waals surface area contributed by atoms with Crippen molar-refractivity contribution in [1.82, 2.24) is 0 Å². The molecule has 0 saturated heterocycles. The minimum Gasteiger partial charge on any atom is -0.490 e. The number of nitro groups is 1. The number of hydrogen-bond acceptors (Lipinski definition) is 4. The Labute approximate surface area is 122 Å². The van der Waals surface area contributed by atoms with Crippen molar-refractivity contribution in [3.8, 4) is 5.75 Å². The van der Waals surface area contributed by atoms with Crippen LogP contribution in [0.3, 0.4) is 0 Å². The molecule has 0 bridgehead atoms. The van der Waals surface area contributed by atoms with Gasteiger partial charge in [0.15, 0.2) is 0 Å². The summed E-state index contributed by atoms with van der Waals surface area (Å²) in [7, 11) is 0. The van der Waals surface area contributed by atoms with Crippen LogP contribution in [0.2, 0.25) is 0 Å². The number of non-ortho nitro benzene ring substituents is 1. The summed E-state index contributed by atoms with van der Waals surface area (Å²) in [6.45, 7) is -0.527. The highest BCUT2D eigenvalue weighted by molar-refractivity contribution is 5.39. The molecule has 0 aliphatic carbocycles. The van der Waals surface area contributed by atoms with Crippen molar-refractivity contribution in [2.75, 3.05) is 6.61 Å². The molecular formula is C14H10F3NO4. The van der Waals surface area contributed by atoms with E-state index in [4.69, 9.17) is 4.74 Å². The van der Waals surface area contributed by atoms with E-state index in [2.05, 4.69) is 0 Å². The van der Waals surface area contributed by atoms with E-state index in [0.717, 1.165) is 30.3 Å². The number of nitrogens with zero attached hydrogens (tertiary/aromatic N) is 1.